The number of benzene rings is 1. The molecule has 17 heavy (non-hydrogen) atoms. The number of nitrogens with zero attached hydrogens (tertiary/aromatic N) is 1. The molecule has 2 heterocycles. The Morgan fingerprint density at radius 2 is 2.18 bits per heavy atom. The molecule has 0 amide bonds. The number of hydrogen-bond acceptors (Lipinski definition) is 2. The smallest absolute Gasteiger partial charge is 0.131 e. The van der Waals surface area contributed by atoms with Crippen molar-refractivity contribution in [2.75, 3.05) is 13.7 Å². The Hall–Kier alpha value is -1.09. The summed E-state index contributed by atoms with van der Waals surface area (Å²) in [7, 11) is 1.59. The van der Waals surface area contributed by atoms with Crippen LogP contribution in [0.2, 0.25) is 0 Å². The molecule has 2 unspecified atom stereocenters. The van der Waals surface area contributed by atoms with Crippen LogP contribution in [0.1, 0.15) is 36.9 Å². The number of methoxy groups -OCH3 is 1. The van der Waals surface area contributed by atoms with E-state index in [1.54, 1.807) is 7.11 Å². The molecule has 2 atom stereocenters. The van der Waals surface area contributed by atoms with Crippen molar-refractivity contribution in [2.45, 2.75) is 38.3 Å². The van der Waals surface area contributed by atoms with E-state index in [9.17, 15) is 4.39 Å². The quantitative estimate of drug-likeness (QED) is 0.742. The SMILES string of the molecule is COc1cc(F)c2c(c1)CCN1C(C)CCC21. The fraction of sp³-hybridized carbons (Fsp3) is 0.571. The molecule has 0 N–H and O–H groups in total. The Bertz CT molecular complexity index is 446. The molecule has 2 aliphatic rings. The minimum absolute atomic E-state index is 0.0943. The number of rotatable bonds is 1. The van der Waals surface area contributed by atoms with Crippen LogP contribution in [0.5, 0.6) is 5.75 Å². The first-order chi connectivity index (χ1) is 8.20. The molecule has 2 aliphatic heterocycles. The Morgan fingerprint density at radius 3 is 2.94 bits per heavy atom. The molecule has 0 bridgehead atoms. The van der Waals surface area contributed by atoms with E-state index in [1.807, 2.05) is 6.07 Å². The van der Waals surface area contributed by atoms with Gasteiger partial charge in [-0.2, -0.15) is 0 Å². The maximum atomic E-state index is 14.2. The van der Waals surface area contributed by atoms with Gasteiger partial charge < -0.3 is 4.74 Å². The molecule has 3 heteroatoms. The van der Waals surface area contributed by atoms with Gasteiger partial charge >= 0.3 is 0 Å². The molecule has 1 aromatic carbocycles. The van der Waals surface area contributed by atoms with Crippen molar-refractivity contribution in [1.82, 2.24) is 4.90 Å². The lowest BCUT2D eigenvalue weighted by Crippen LogP contribution is -2.36. The zero-order chi connectivity index (χ0) is 12.0. The third-order valence-electron chi connectivity index (χ3n) is 4.22. The minimum Gasteiger partial charge on any atom is -0.497 e. The second-order valence-corrected chi connectivity index (χ2v) is 5.11. The van der Waals surface area contributed by atoms with Crippen LogP contribution in [0.15, 0.2) is 12.1 Å². The van der Waals surface area contributed by atoms with Crippen LogP contribution in [0.4, 0.5) is 4.39 Å². The summed E-state index contributed by atoms with van der Waals surface area (Å²) >= 11 is 0. The van der Waals surface area contributed by atoms with Crippen LogP contribution >= 0.6 is 0 Å². The van der Waals surface area contributed by atoms with Gasteiger partial charge in [0.15, 0.2) is 0 Å². The average molecular weight is 235 g/mol. The molecule has 2 nitrogen and oxygen atoms in total. The number of fused-ring (bicyclic) bond motifs is 3. The number of hydrogen-bond donors (Lipinski definition) is 0. The molecule has 0 saturated carbocycles. The standard InChI is InChI=1S/C14H18FNO/c1-9-3-4-13-14-10(5-6-16(9)13)7-11(17-2)8-12(14)15/h7-9,13H,3-6H2,1-2H3. The van der Waals surface area contributed by atoms with Crippen molar-refractivity contribution in [1.29, 1.82) is 0 Å². The molecule has 1 fully saturated rings. The normalized spacial score (nSPS) is 27.7. The third kappa shape index (κ3) is 1.64. The summed E-state index contributed by atoms with van der Waals surface area (Å²) in [6.45, 7) is 3.29. The predicted octanol–water partition coefficient (Wildman–Crippen LogP) is 2.92. The molecule has 0 radical (unpaired) electrons. The monoisotopic (exact) mass is 235 g/mol. The molecule has 0 spiro atoms. The van der Waals surface area contributed by atoms with E-state index in [-0.39, 0.29) is 5.82 Å². The summed E-state index contributed by atoms with van der Waals surface area (Å²) in [5.74, 6) is 0.545. The maximum Gasteiger partial charge on any atom is 0.131 e. The van der Waals surface area contributed by atoms with Gasteiger partial charge in [0, 0.05) is 30.3 Å². The van der Waals surface area contributed by atoms with Gasteiger partial charge in [-0.1, -0.05) is 0 Å². The van der Waals surface area contributed by atoms with Gasteiger partial charge in [0.05, 0.1) is 7.11 Å². The first-order valence-electron chi connectivity index (χ1n) is 6.32. The first kappa shape index (κ1) is 11.0. The summed E-state index contributed by atoms with van der Waals surface area (Å²) in [5, 5.41) is 0. The van der Waals surface area contributed by atoms with E-state index in [0.717, 1.165) is 30.5 Å². The van der Waals surface area contributed by atoms with Gasteiger partial charge in [-0.15, -0.1) is 0 Å². The topological polar surface area (TPSA) is 12.5 Å². The van der Waals surface area contributed by atoms with E-state index in [1.165, 1.54) is 12.5 Å². The van der Waals surface area contributed by atoms with Gasteiger partial charge in [0.1, 0.15) is 11.6 Å². The van der Waals surface area contributed by atoms with Gasteiger partial charge in [0.25, 0.3) is 0 Å². The number of ether oxygens (including phenoxy) is 1. The second-order valence-electron chi connectivity index (χ2n) is 5.11. The lowest BCUT2D eigenvalue weighted by Gasteiger charge is -2.34. The van der Waals surface area contributed by atoms with Crippen LogP contribution in [0.3, 0.4) is 0 Å². The zero-order valence-corrected chi connectivity index (χ0v) is 10.4. The van der Waals surface area contributed by atoms with Crippen molar-refractivity contribution in [3.8, 4) is 5.75 Å². The van der Waals surface area contributed by atoms with Crippen molar-refractivity contribution in [3.63, 3.8) is 0 Å². The van der Waals surface area contributed by atoms with Crippen molar-refractivity contribution in [2.24, 2.45) is 0 Å². The van der Waals surface area contributed by atoms with Crippen LogP contribution in [-0.2, 0) is 6.42 Å². The molecule has 0 aliphatic carbocycles. The molecule has 92 valence electrons. The van der Waals surface area contributed by atoms with Gasteiger partial charge in [-0.25, -0.2) is 4.39 Å². The molecule has 0 aromatic heterocycles. The van der Waals surface area contributed by atoms with Gasteiger partial charge in [-0.05, 0) is 37.8 Å². The Balaban J connectivity index is 2.06. The predicted molar refractivity (Wildman–Crippen MR) is 64.8 cm³/mol. The van der Waals surface area contributed by atoms with Crippen LogP contribution in [0, 0.1) is 5.82 Å². The first-order valence-corrected chi connectivity index (χ1v) is 6.32. The van der Waals surface area contributed by atoms with E-state index in [0.29, 0.717) is 17.8 Å². The summed E-state index contributed by atoms with van der Waals surface area (Å²) in [6.07, 6.45) is 3.19. The highest BCUT2D eigenvalue weighted by atomic mass is 19.1. The van der Waals surface area contributed by atoms with Gasteiger partial charge in [0.2, 0.25) is 0 Å². The molecule has 3 rings (SSSR count). The highest BCUT2D eigenvalue weighted by molar-refractivity contribution is 5.41. The fourth-order valence-electron chi connectivity index (χ4n) is 3.32. The fourth-order valence-corrected chi connectivity index (χ4v) is 3.32. The molecular formula is C14H18FNO. The highest BCUT2D eigenvalue weighted by Gasteiger charge is 2.37. The summed E-state index contributed by atoms with van der Waals surface area (Å²) in [5.41, 5.74) is 2.05. The van der Waals surface area contributed by atoms with Crippen LogP contribution < -0.4 is 4.74 Å². The molecule has 1 saturated heterocycles. The van der Waals surface area contributed by atoms with Gasteiger partial charge in [-0.3, -0.25) is 4.90 Å². The largest absolute Gasteiger partial charge is 0.497 e. The Morgan fingerprint density at radius 1 is 1.35 bits per heavy atom. The van der Waals surface area contributed by atoms with E-state index >= 15 is 0 Å². The van der Waals surface area contributed by atoms with E-state index in [4.69, 9.17) is 4.74 Å². The number of halogens is 1. The maximum absolute atomic E-state index is 14.2. The second kappa shape index (κ2) is 3.98. The van der Waals surface area contributed by atoms with Crippen molar-refractivity contribution in [3.05, 3.63) is 29.1 Å². The minimum atomic E-state index is -0.0943. The Labute approximate surface area is 101 Å². The summed E-state index contributed by atoms with van der Waals surface area (Å²) < 4.78 is 19.3. The average Bonchev–Trinajstić information content (AvgIpc) is 2.70. The van der Waals surface area contributed by atoms with Crippen molar-refractivity contribution < 1.29 is 9.13 Å². The van der Waals surface area contributed by atoms with Crippen molar-refractivity contribution >= 4 is 0 Å². The summed E-state index contributed by atoms with van der Waals surface area (Å²) in [6, 6.07) is 4.40. The lowest BCUT2D eigenvalue weighted by molar-refractivity contribution is 0.189. The van der Waals surface area contributed by atoms with E-state index in [2.05, 4.69) is 11.8 Å². The van der Waals surface area contributed by atoms with Crippen LogP contribution in [-0.4, -0.2) is 24.6 Å². The Kier molecular flexibility index (Phi) is 2.58. The lowest BCUT2D eigenvalue weighted by atomic mass is 9.92. The van der Waals surface area contributed by atoms with E-state index < -0.39 is 0 Å². The molecule has 1 aromatic rings. The van der Waals surface area contributed by atoms with Crippen LogP contribution in [0.25, 0.3) is 0 Å². The summed E-state index contributed by atoms with van der Waals surface area (Å²) in [4.78, 5) is 2.44. The highest BCUT2D eigenvalue weighted by Crippen LogP contribution is 2.42. The third-order valence-corrected chi connectivity index (χ3v) is 4.22. The zero-order valence-electron chi connectivity index (χ0n) is 10.4. The molecular weight excluding hydrogens is 217 g/mol.